The molecular formula is C14H17NO4. The summed E-state index contributed by atoms with van der Waals surface area (Å²) in [5.74, 6) is 2.48. The molecule has 0 bridgehead atoms. The summed E-state index contributed by atoms with van der Waals surface area (Å²) in [5.41, 5.74) is 6.93. The molecule has 102 valence electrons. The van der Waals surface area contributed by atoms with Crippen LogP contribution in [0.2, 0.25) is 0 Å². The molecule has 0 radical (unpaired) electrons. The lowest BCUT2D eigenvalue weighted by Crippen LogP contribution is -2.14. The molecule has 1 heterocycles. The van der Waals surface area contributed by atoms with Crippen LogP contribution in [-0.4, -0.2) is 21.3 Å². The first-order valence-corrected chi connectivity index (χ1v) is 5.80. The van der Waals surface area contributed by atoms with E-state index in [1.807, 2.05) is 6.07 Å². The van der Waals surface area contributed by atoms with Crippen molar-refractivity contribution in [1.29, 1.82) is 0 Å². The van der Waals surface area contributed by atoms with Gasteiger partial charge in [0.25, 0.3) is 0 Å². The normalized spacial score (nSPS) is 12.0. The predicted octanol–water partition coefficient (Wildman–Crippen LogP) is 2.35. The number of hydrogen-bond acceptors (Lipinski definition) is 5. The van der Waals surface area contributed by atoms with Crippen molar-refractivity contribution in [3.05, 3.63) is 41.9 Å². The quantitative estimate of drug-likeness (QED) is 0.897. The van der Waals surface area contributed by atoms with Crippen LogP contribution in [0.3, 0.4) is 0 Å². The third kappa shape index (κ3) is 2.51. The minimum atomic E-state index is -0.467. The molecule has 1 aromatic heterocycles. The van der Waals surface area contributed by atoms with Crippen molar-refractivity contribution in [3.63, 3.8) is 0 Å². The molecule has 5 heteroatoms. The van der Waals surface area contributed by atoms with Gasteiger partial charge < -0.3 is 24.4 Å². The van der Waals surface area contributed by atoms with Gasteiger partial charge in [-0.05, 0) is 12.1 Å². The fourth-order valence-corrected chi connectivity index (χ4v) is 1.95. The molecule has 0 aliphatic heterocycles. The van der Waals surface area contributed by atoms with Crippen molar-refractivity contribution in [1.82, 2.24) is 0 Å². The van der Waals surface area contributed by atoms with Crippen molar-refractivity contribution in [2.45, 2.75) is 6.04 Å². The van der Waals surface area contributed by atoms with E-state index in [0.717, 1.165) is 5.56 Å². The lowest BCUT2D eigenvalue weighted by Gasteiger charge is -2.18. The predicted molar refractivity (Wildman–Crippen MR) is 70.8 cm³/mol. The summed E-state index contributed by atoms with van der Waals surface area (Å²) >= 11 is 0. The summed E-state index contributed by atoms with van der Waals surface area (Å²) in [6.45, 7) is 0. The topological polar surface area (TPSA) is 66.9 Å². The van der Waals surface area contributed by atoms with Crippen molar-refractivity contribution < 1.29 is 18.6 Å². The van der Waals surface area contributed by atoms with E-state index in [1.165, 1.54) is 0 Å². The lowest BCUT2D eigenvalue weighted by molar-refractivity contribution is 0.362. The van der Waals surface area contributed by atoms with E-state index in [2.05, 4.69) is 0 Å². The van der Waals surface area contributed by atoms with Crippen LogP contribution >= 0.6 is 0 Å². The van der Waals surface area contributed by atoms with Gasteiger partial charge in [0.05, 0.1) is 39.2 Å². The highest BCUT2D eigenvalue weighted by Gasteiger charge is 2.22. The molecular weight excluding hydrogens is 246 g/mol. The Labute approximate surface area is 111 Å². The van der Waals surface area contributed by atoms with Gasteiger partial charge in [0.1, 0.15) is 23.0 Å². The summed E-state index contributed by atoms with van der Waals surface area (Å²) in [6, 6.07) is 6.66. The highest BCUT2D eigenvalue weighted by Crippen LogP contribution is 2.39. The first-order valence-electron chi connectivity index (χ1n) is 5.80. The first-order chi connectivity index (χ1) is 9.21. The second-order valence-electron chi connectivity index (χ2n) is 3.94. The lowest BCUT2D eigenvalue weighted by atomic mass is 10.0. The Bertz CT molecular complexity index is 511. The fraction of sp³-hybridized carbons (Fsp3) is 0.286. The molecule has 1 unspecified atom stereocenters. The van der Waals surface area contributed by atoms with E-state index in [0.29, 0.717) is 23.0 Å². The zero-order valence-corrected chi connectivity index (χ0v) is 11.2. The van der Waals surface area contributed by atoms with Crippen LogP contribution in [0, 0.1) is 0 Å². The van der Waals surface area contributed by atoms with Gasteiger partial charge in [0.2, 0.25) is 0 Å². The highest BCUT2D eigenvalue weighted by atomic mass is 16.5. The minimum Gasteiger partial charge on any atom is -0.496 e. The molecule has 2 rings (SSSR count). The molecule has 19 heavy (non-hydrogen) atoms. The number of furan rings is 1. The number of hydrogen-bond donors (Lipinski definition) is 1. The van der Waals surface area contributed by atoms with Gasteiger partial charge in [-0.15, -0.1) is 0 Å². The Hall–Kier alpha value is -2.14. The van der Waals surface area contributed by atoms with E-state index in [4.69, 9.17) is 24.4 Å². The number of ether oxygens (including phenoxy) is 3. The summed E-state index contributed by atoms with van der Waals surface area (Å²) in [6.07, 6.45) is 1.58. The third-order valence-electron chi connectivity index (χ3n) is 2.91. The average Bonchev–Trinajstić information content (AvgIpc) is 2.99. The Kier molecular flexibility index (Phi) is 3.97. The third-order valence-corrected chi connectivity index (χ3v) is 2.91. The Morgan fingerprint density at radius 1 is 1.05 bits per heavy atom. The molecule has 0 saturated heterocycles. The average molecular weight is 263 g/mol. The number of methoxy groups -OCH3 is 3. The smallest absolute Gasteiger partial charge is 0.131 e. The van der Waals surface area contributed by atoms with Crippen LogP contribution in [0.4, 0.5) is 0 Å². The monoisotopic (exact) mass is 263 g/mol. The maximum atomic E-state index is 6.21. The molecule has 0 spiro atoms. The van der Waals surface area contributed by atoms with Crippen molar-refractivity contribution in [3.8, 4) is 17.2 Å². The van der Waals surface area contributed by atoms with Crippen molar-refractivity contribution in [2.75, 3.05) is 21.3 Å². The number of nitrogens with two attached hydrogens (primary N) is 1. The van der Waals surface area contributed by atoms with Crippen LogP contribution in [-0.2, 0) is 0 Å². The van der Waals surface area contributed by atoms with E-state index in [-0.39, 0.29) is 0 Å². The largest absolute Gasteiger partial charge is 0.496 e. The fourth-order valence-electron chi connectivity index (χ4n) is 1.95. The molecule has 1 aromatic carbocycles. The zero-order chi connectivity index (χ0) is 13.8. The summed E-state index contributed by atoms with van der Waals surface area (Å²) in [5, 5.41) is 0. The first kappa shape index (κ1) is 13.3. The zero-order valence-electron chi connectivity index (χ0n) is 11.2. The van der Waals surface area contributed by atoms with Crippen molar-refractivity contribution >= 4 is 0 Å². The Morgan fingerprint density at radius 2 is 1.68 bits per heavy atom. The summed E-state index contributed by atoms with van der Waals surface area (Å²) < 4.78 is 21.3. The van der Waals surface area contributed by atoms with Crippen LogP contribution in [0.15, 0.2) is 34.9 Å². The molecule has 0 fully saturated rings. The molecule has 0 aliphatic rings. The van der Waals surface area contributed by atoms with Gasteiger partial charge in [-0.1, -0.05) is 0 Å². The van der Waals surface area contributed by atoms with Crippen LogP contribution in [0.1, 0.15) is 17.4 Å². The van der Waals surface area contributed by atoms with Crippen molar-refractivity contribution in [2.24, 2.45) is 5.73 Å². The van der Waals surface area contributed by atoms with E-state index >= 15 is 0 Å². The van der Waals surface area contributed by atoms with Gasteiger partial charge in [0.15, 0.2) is 0 Å². The SMILES string of the molecule is COc1cc(OC)c(C(N)c2ccco2)c(OC)c1. The molecule has 2 N–H and O–H groups in total. The van der Waals surface area contributed by atoms with E-state index in [1.54, 1.807) is 45.8 Å². The summed E-state index contributed by atoms with van der Waals surface area (Å²) in [4.78, 5) is 0. The maximum Gasteiger partial charge on any atom is 0.131 e. The Morgan fingerprint density at radius 3 is 2.11 bits per heavy atom. The van der Waals surface area contributed by atoms with Gasteiger partial charge >= 0.3 is 0 Å². The van der Waals surface area contributed by atoms with Gasteiger partial charge in [-0.2, -0.15) is 0 Å². The van der Waals surface area contributed by atoms with E-state index < -0.39 is 6.04 Å². The van der Waals surface area contributed by atoms with Crippen LogP contribution < -0.4 is 19.9 Å². The highest BCUT2D eigenvalue weighted by molar-refractivity contribution is 5.53. The molecule has 1 atom stereocenters. The van der Waals surface area contributed by atoms with Gasteiger partial charge in [-0.3, -0.25) is 0 Å². The van der Waals surface area contributed by atoms with Gasteiger partial charge in [0, 0.05) is 12.1 Å². The standard InChI is InChI=1S/C14H17NO4/c1-16-9-7-11(17-2)13(12(8-9)18-3)14(15)10-5-4-6-19-10/h4-8,14H,15H2,1-3H3. The molecule has 0 amide bonds. The Balaban J connectivity index is 2.54. The van der Waals surface area contributed by atoms with Crippen LogP contribution in [0.5, 0.6) is 17.2 Å². The molecule has 5 nitrogen and oxygen atoms in total. The summed E-state index contributed by atoms with van der Waals surface area (Å²) in [7, 11) is 4.74. The second-order valence-corrected chi connectivity index (χ2v) is 3.94. The maximum absolute atomic E-state index is 6.21. The number of rotatable bonds is 5. The minimum absolute atomic E-state index is 0.467. The molecule has 0 aliphatic carbocycles. The van der Waals surface area contributed by atoms with E-state index in [9.17, 15) is 0 Å². The van der Waals surface area contributed by atoms with Crippen LogP contribution in [0.25, 0.3) is 0 Å². The molecule has 2 aromatic rings. The second kappa shape index (κ2) is 5.67. The molecule has 0 saturated carbocycles. The number of benzene rings is 1. The van der Waals surface area contributed by atoms with Gasteiger partial charge in [-0.25, -0.2) is 0 Å².